The third kappa shape index (κ3) is 2.05. The molecule has 7 nitrogen and oxygen atoms in total. The van der Waals surface area contributed by atoms with Crippen molar-refractivity contribution in [2.24, 2.45) is 0 Å². The zero-order valence-electron chi connectivity index (χ0n) is 7.39. The highest BCUT2D eigenvalue weighted by Crippen LogP contribution is 2.19. The molecular weight excluding hydrogens is 222 g/mol. The van der Waals surface area contributed by atoms with Crippen LogP contribution in [0.1, 0.15) is 9.67 Å². The number of anilines is 1. The highest BCUT2D eigenvalue weighted by Gasteiger charge is 2.26. The van der Waals surface area contributed by atoms with Crippen molar-refractivity contribution in [3.05, 3.63) is 11.1 Å². The van der Waals surface area contributed by atoms with Gasteiger partial charge in [-0.2, -0.15) is 0 Å². The number of aromatic nitrogens is 1. The fourth-order valence-electron chi connectivity index (χ4n) is 1.04. The average molecular weight is 229 g/mol. The summed E-state index contributed by atoms with van der Waals surface area (Å²) in [6.45, 7) is 0.195. The van der Waals surface area contributed by atoms with Crippen molar-refractivity contribution < 1.29 is 19.5 Å². The Hall–Kier alpha value is -1.67. The van der Waals surface area contributed by atoms with Crippen molar-refractivity contribution >= 4 is 28.3 Å². The van der Waals surface area contributed by atoms with E-state index >= 15 is 0 Å². The number of carboxylic acid groups (broad SMARTS) is 1. The highest BCUT2D eigenvalue weighted by molar-refractivity contribution is 7.17. The summed E-state index contributed by atoms with van der Waals surface area (Å²) in [5.74, 6) is -1.32. The summed E-state index contributed by atoms with van der Waals surface area (Å²) in [7, 11) is 0. The Morgan fingerprint density at radius 2 is 2.60 bits per heavy atom. The van der Waals surface area contributed by atoms with Crippen molar-refractivity contribution in [3.8, 4) is 0 Å². The second-order valence-electron chi connectivity index (χ2n) is 2.81. The minimum atomic E-state index is -1.03. The van der Waals surface area contributed by atoms with Crippen molar-refractivity contribution in [1.29, 1.82) is 0 Å². The Labute approximate surface area is 88.0 Å². The molecule has 1 saturated heterocycles. The normalized spacial score (nSPS) is 20.0. The Bertz CT molecular complexity index is 405. The average Bonchev–Trinajstić information content (AvgIpc) is 2.77. The van der Waals surface area contributed by atoms with Gasteiger partial charge in [-0.1, -0.05) is 11.3 Å². The van der Waals surface area contributed by atoms with Gasteiger partial charge in [0.05, 0.1) is 6.20 Å². The van der Waals surface area contributed by atoms with Crippen molar-refractivity contribution in [3.63, 3.8) is 0 Å². The van der Waals surface area contributed by atoms with Gasteiger partial charge in [-0.25, -0.2) is 15.3 Å². The predicted octanol–water partition coefficient (Wildman–Crippen LogP) is -0.317. The number of carbonyl (C=O) groups is 2. The SMILES string of the molecule is O=C(O)c1cnc(NC2CONC2=O)s1. The third-order valence-electron chi connectivity index (χ3n) is 1.75. The molecule has 8 heteroatoms. The van der Waals surface area contributed by atoms with Gasteiger partial charge in [0.1, 0.15) is 17.5 Å². The van der Waals surface area contributed by atoms with Crippen LogP contribution >= 0.6 is 11.3 Å². The number of aromatic carboxylic acids is 1. The number of hydrogen-bond acceptors (Lipinski definition) is 6. The molecule has 15 heavy (non-hydrogen) atoms. The van der Waals surface area contributed by atoms with Crippen molar-refractivity contribution in [2.45, 2.75) is 6.04 Å². The van der Waals surface area contributed by atoms with Crippen LogP contribution in [0.3, 0.4) is 0 Å². The van der Waals surface area contributed by atoms with Gasteiger partial charge in [0.15, 0.2) is 5.13 Å². The van der Waals surface area contributed by atoms with Crippen LogP contribution in [0.5, 0.6) is 0 Å². The molecule has 80 valence electrons. The van der Waals surface area contributed by atoms with E-state index in [0.717, 1.165) is 11.3 Å². The number of carboxylic acids is 1. The Balaban J connectivity index is 2.04. The lowest BCUT2D eigenvalue weighted by molar-refractivity contribution is -0.124. The van der Waals surface area contributed by atoms with Gasteiger partial charge in [-0.05, 0) is 0 Å². The zero-order chi connectivity index (χ0) is 10.8. The molecule has 1 aliphatic rings. The molecule has 0 aromatic carbocycles. The summed E-state index contributed by atoms with van der Waals surface area (Å²) in [5.41, 5.74) is 2.18. The Morgan fingerprint density at radius 3 is 3.13 bits per heavy atom. The standard InChI is InChI=1S/C7H7N3O4S/c11-5-3(2-14-10-5)9-7-8-1-4(15-7)6(12)13/h1,3H,2H2,(H,8,9)(H,10,11)(H,12,13). The number of amides is 1. The fourth-order valence-corrected chi connectivity index (χ4v) is 1.75. The van der Waals surface area contributed by atoms with Crippen LogP contribution < -0.4 is 10.8 Å². The van der Waals surface area contributed by atoms with Crippen LogP contribution in [-0.2, 0) is 9.63 Å². The summed E-state index contributed by atoms with van der Waals surface area (Å²) >= 11 is 0.973. The first-order valence-electron chi connectivity index (χ1n) is 4.04. The van der Waals surface area contributed by atoms with Gasteiger partial charge >= 0.3 is 5.97 Å². The first kappa shape index (κ1) is 9.87. The highest BCUT2D eigenvalue weighted by atomic mass is 32.1. The van der Waals surface area contributed by atoms with E-state index in [1.807, 2.05) is 0 Å². The summed E-state index contributed by atoms with van der Waals surface area (Å²) in [5, 5.41) is 11.8. The number of hydroxylamine groups is 1. The van der Waals surface area contributed by atoms with Crippen molar-refractivity contribution in [1.82, 2.24) is 10.5 Å². The van der Waals surface area contributed by atoms with Crippen molar-refractivity contribution in [2.75, 3.05) is 11.9 Å². The van der Waals surface area contributed by atoms with E-state index in [-0.39, 0.29) is 17.4 Å². The topological polar surface area (TPSA) is 101 Å². The molecular formula is C7H7N3O4S. The van der Waals surface area contributed by atoms with Crippen LogP contribution in [0.2, 0.25) is 0 Å². The van der Waals surface area contributed by atoms with E-state index in [2.05, 4.69) is 15.8 Å². The monoisotopic (exact) mass is 229 g/mol. The number of rotatable bonds is 3. The first-order valence-corrected chi connectivity index (χ1v) is 4.86. The molecule has 1 unspecified atom stereocenters. The number of thiazole rings is 1. The van der Waals surface area contributed by atoms with Gasteiger partial charge in [0.25, 0.3) is 5.91 Å². The van der Waals surface area contributed by atoms with Crippen LogP contribution in [-0.4, -0.2) is 34.6 Å². The lowest BCUT2D eigenvalue weighted by Gasteiger charge is -2.04. The summed E-state index contributed by atoms with van der Waals surface area (Å²) in [4.78, 5) is 30.3. The minimum absolute atomic E-state index is 0.122. The second-order valence-corrected chi connectivity index (χ2v) is 3.84. The fraction of sp³-hybridized carbons (Fsp3) is 0.286. The Kier molecular flexibility index (Phi) is 2.52. The van der Waals surface area contributed by atoms with E-state index in [4.69, 9.17) is 9.94 Å². The molecule has 3 N–H and O–H groups in total. The largest absolute Gasteiger partial charge is 0.477 e. The van der Waals surface area contributed by atoms with Crippen LogP contribution in [0.15, 0.2) is 6.20 Å². The summed E-state index contributed by atoms with van der Waals surface area (Å²) < 4.78 is 0. The summed E-state index contributed by atoms with van der Waals surface area (Å²) in [6, 6.07) is -0.516. The van der Waals surface area contributed by atoms with Crippen LogP contribution in [0.4, 0.5) is 5.13 Å². The lowest BCUT2D eigenvalue weighted by Crippen LogP contribution is -2.30. The first-order chi connectivity index (χ1) is 7.16. The lowest BCUT2D eigenvalue weighted by atomic mass is 10.3. The molecule has 1 aromatic rings. The molecule has 1 amide bonds. The summed E-state index contributed by atoms with van der Waals surface area (Å²) in [6.07, 6.45) is 1.24. The van der Waals surface area contributed by atoms with Gasteiger partial charge < -0.3 is 10.4 Å². The number of nitrogens with zero attached hydrogens (tertiary/aromatic N) is 1. The maximum Gasteiger partial charge on any atom is 0.347 e. The number of nitrogens with one attached hydrogen (secondary N) is 2. The molecule has 0 aliphatic carbocycles. The second kappa shape index (κ2) is 3.83. The maximum atomic E-state index is 11.1. The minimum Gasteiger partial charge on any atom is -0.477 e. The predicted molar refractivity (Wildman–Crippen MR) is 50.6 cm³/mol. The maximum absolute atomic E-state index is 11.1. The quantitative estimate of drug-likeness (QED) is 0.657. The Morgan fingerprint density at radius 1 is 1.80 bits per heavy atom. The molecule has 1 atom stereocenters. The van der Waals surface area contributed by atoms with E-state index in [1.54, 1.807) is 0 Å². The van der Waals surface area contributed by atoms with E-state index in [1.165, 1.54) is 6.20 Å². The van der Waals surface area contributed by atoms with Gasteiger partial charge in [-0.15, -0.1) is 0 Å². The van der Waals surface area contributed by atoms with E-state index in [9.17, 15) is 9.59 Å². The van der Waals surface area contributed by atoms with Crippen LogP contribution in [0.25, 0.3) is 0 Å². The number of carbonyl (C=O) groups excluding carboxylic acids is 1. The van der Waals surface area contributed by atoms with Gasteiger partial charge in [-0.3, -0.25) is 9.63 Å². The van der Waals surface area contributed by atoms with E-state index < -0.39 is 12.0 Å². The molecule has 1 aliphatic heterocycles. The zero-order valence-corrected chi connectivity index (χ0v) is 8.21. The molecule has 2 rings (SSSR count). The number of hydrogen-bond donors (Lipinski definition) is 3. The molecule has 0 radical (unpaired) electrons. The third-order valence-corrected chi connectivity index (χ3v) is 2.67. The van der Waals surface area contributed by atoms with E-state index in [0.29, 0.717) is 5.13 Å². The molecule has 1 fully saturated rings. The molecule has 2 heterocycles. The molecule has 1 aromatic heterocycles. The van der Waals surface area contributed by atoms with Gasteiger partial charge in [0, 0.05) is 0 Å². The molecule has 0 saturated carbocycles. The smallest absolute Gasteiger partial charge is 0.347 e. The molecule has 0 spiro atoms. The molecule has 0 bridgehead atoms. The van der Waals surface area contributed by atoms with Gasteiger partial charge in [0.2, 0.25) is 0 Å². The van der Waals surface area contributed by atoms with Crippen LogP contribution in [0, 0.1) is 0 Å².